The Morgan fingerprint density at radius 2 is 1.90 bits per heavy atom. The fourth-order valence-electron chi connectivity index (χ4n) is 1.71. The fourth-order valence-corrected chi connectivity index (χ4v) is 1.71. The second kappa shape index (κ2) is 5.92. The van der Waals surface area contributed by atoms with Gasteiger partial charge in [0.2, 0.25) is 11.9 Å². The first kappa shape index (κ1) is 13.7. The Kier molecular flexibility index (Phi) is 4.05. The number of nitrogens with one attached hydrogen (secondary N) is 1. The first-order valence-electron chi connectivity index (χ1n) is 5.86. The number of amides is 2. The molecule has 0 saturated heterocycles. The van der Waals surface area contributed by atoms with Crippen LogP contribution in [-0.4, -0.2) is 16.8 Å². The van der Waals surface area contributed by atoms with Crippen LogP contribution in [-0.2, 0) is 11.2 Å². The molecule has 1 aromatic heterocycles. The van der Waals surface area contributed by atoms with Gasteiger partial charge in [-0.3, -0.25) is 9.59 Å². The van der Waals surface area contributed by atoms with Crippen LogP contribution in [0.5, 0.6) is 0 Å². The third-order valence-corrected chi connectivity index (χ3v) is 2.58. The Labute approximate surface area is 114 Å². The number of pyridine rings is 1. The van der Waals surface area contributed by atoms with Crippen molar-refractivity contribution in [2.24, 2.45) is 5.73 Å². The zero-order valence-corrected chi connectivity index (χ0v) is 10.5. The zero-order chi connectivity index (χ0) is 14.5. The summed E-state index contributed by atoms with van der Waals surface area (Å²) >= 11 is 0. The molecule has 0 aliphatic rings. The Balaban J connectivity index is 2.21. The van der Waals surface area contributed by atoms with Crippen LogP contribution in [0, 0.1) is 5.95 Å². The molecule has 0 bridgehead atoms. The highest BCUT2D eigenvalue weighted by atomic mass is 19.1. The molecule has 0 saturated carbocycles. The normalized spacial score (nSPS) is 10.1. The van der Waals surface area contributed by atoms with Gasteiger partial charge in [-0.15, -0.1) is 0 Å². The first-order valence-corrected chi connectivity index (χ1v) is 5.86. The Morgan fingerprint density at radius 3 is 2.60 bits per heavy atom. The van der Waals surface area contributed by atoms with Crippen molar-refractivity contribution in [3.05, 3.63) is 59.7 Å². The van der Waals surface area contributed by atoms with Gasteiger partial charge in [-0.1, -0.05) is 24.3 Å². The molecule has 5 nitrogen and oxygen atoms in total. The molecule has 6 heteroatoms. The molecule has 20 heavy (non-hydrogen) atoms. The Bertz CT molecular complexity index is 658. The van der Waals surface area contributed by atoms with E-state index in [9.17, 15) is 14.0 Å². The van der Waals surface area contributed by atoms with Crippen LogP contribution >= 0.6 is 0 Å². The predicted molar refractivity (Wildman–Crippen MR) is 71.5 cm³/mol. The van der Waals surface area contributed by atoms with Crippen LogP contribution in [0.25, 0.3) is 0 Å². The van der Waals surface area contributed by atoms with Gasteiger partial charge >= 0.3 is 0 Å². The van der Waals surface area contributed by atoms with E-state index in [0.29, 0.717) is 11.3 Å². The van der Waals surface area contributed by atoms with Crippen molar-refractivity contribution >= 4 is 17.5 Å². The molecule has 2 aromatic rings. The molecular formula is C14H12FN3O2. The highest BCUT2D eigenvalue weighted by Gasteiger charge is 2.11. The lowest BCUT2D eigenvalue weighted by Crippen LogP contribution is -2.18. The van der Waals surface area contributed by atoms with Crippen molar-refractivity contribution in [1.82, 2.24) is 4.98 Å². The van der Waals surface area contributed by atoms with Gasteiger partial charge in [0.05, 0.1) is 6.42 Å². The van der Waals surface area contributed by atoms with Crippen LogP contribution in [0.1, 0.15) is 16.1 Å². The molecule has 0 spiro atoms. The highest BCUT2D eigenvalue weighted by Crippen LogP contribution is 2.16. The van der Waals surface area contributed by atoms with Gasteiger partial charge in [0.25, 0.3) is 5.91 Å². The summed E-state index contributed by atoms with van der Waals surface area (Å²) in [5, 5.41) is 2.58. The lowest BCUT2D eigenvalue weighted by molar-refractivity contribution is -0.117. The molecule has 0 radical (unpaired) electrons. The zero-order valence-electron chi connectivity index (χ0n) is 10.5. The van der Waals surface area contributed by atoms with E-state index in [1.54, 1.807) is 24.3 Å². The predicted octanol–water partition coefficient (Wildman–Crippen LogP) is 1.50. The van der Waals surface area contributed by atoms with Gasteiger partial charge in [0.15, 0.2) is 0 Å². The first-order chi connectivity index (χ1) is 9.56. The standard InChI is InChI=1S/C14H12FN3O2/c15-12-7-3-6-11(17-12)14(20)18-10-5-2-1-4-9(10)8-13(16)19/h1-7H,8H2,(H2,16,19)(H,18,20). The van der Waals surface area contributed by atoms with E-state index in [1.165, 1.54) is 12.1 Å². The minimum Gasteiger partial charge on any atom is -0.369 e. The van der Waals surface area contributed by atoms with Gasteiger partial charge in [0, 0.05) is 5.69 Å². The molecule has 1 heterocycles. The smallest absolute Gasteiger partial charge is 0.274 e. The van der Waals surface area contributed by atoms with E-state index in [-0.39, 0.29) is 12.1 Å². The summed E-state index contributed by atoms with van der Waals surface area (Å²) in [6.45, 7) is 0. The molecule has 1 aromatic carbocycles. The second-order valence-electron chi connectivity index (χ2n) is 4.10. The SMILES string of the molecule is NC(=O)Cc1ccccc1NC(=O)c1cccc(F)n1. The van der Waals surface area contributed by atoms with Crippen molar-refractivity contribution in [2.75, 3.05) is 5.32 Å². The van der Waals surface area contributed by atoms with E-state index < -0.39 is 17.8 Å². The average molecular weight is 273 g/mol. The third-order valence-electron chi connectivity index (χ3n) is 2.58. The Morgan fingerprint density at radius 1 is 1.15 bits per heavy atom. The number of primary amides is 1. The van der Waals surface area contributed by atoms with Crippen molar-refractivity contribution in [3.8, 4) is 0 Å². The van der Waals surface area contributed by atoms with Crippen LogP contribution in [0.4, 0.5) is 10.1 Å². The summed E-state index contributed by atoms with van der Waals surface area (Å²) in [7, 11) is 0. The largest absolute Gasteiger partial charge is 0.369 e. The molecule has 2 amide bonds. The number of aromatic nitrogens is 1. The van der Waals surface area contributed by atoms with Gasteiger partial charge in [0.1, 0.15) is 5.69 Å². The summed E-state index contributed by atoms with van der Waals surface area (Å²) < 4.78 is 13.0. The number of hydrogen-bond donors (Lipinski definition) is 2. The number of rotatable bonds is 4. The molecule has 0 unspecified atom stereocenters. The maximum atomic E-state index is 13.0. The molecule has 0 atom stereocenters. The number of anilines is 1. The number of nitrogens with zero attached hydrogens (tertiary/aromatic N) is 1. The fraction of sp³-hybridized carbons (Fsp3) is 0.0714. The minimum atomic E-state index is -0.733. The van der Waals surface area contributed by atoms with E-state index in [2.05, 4.69) is 10.3 Å². The number of halogens is 1. The Hall–Kier alpha value is -2.76. The molecule has 0 fully saturated rings. The second-order valence-corrected chi connectivity index (χ2v) is 4.10. The van der Waals surface area contributed by atoms with Crippen molar-refractivity contribution in [3.63, 3.8) is 0 Å². The quantitative estimate of drug-likeness (QED) is 0.828. The molecular weight excluding hydrogens is 261 g/mol. The monoisotopic (exact) mass is 273 g/mol. The number of para-hydroxylation sites is 1. The van der Waals surface area contributed by atoms with Crippen LogP contribution in [0.2, 0.25) is 0 Å². The summed E-state index contributed by atoms with van der Waals surface area (Å²) in [4.78, 5) is 26.4. The lowest BCUT2D eigenvalue weighted by atomic mass is 10.1. The number of carbonyl (C=O) groups is 2. The number of carbonyl (C=O) groups excluding carboxylic acids is 2. The van der Waals surface area contributed by atoms with Gasteiger partial charge in [-0.05, 0) is 23.8 Å². The van der Waals surface area contributed by atoms with Crippen LogP contribution in [0.3, 0.4) is 0 Å². The number of hydrogen-bond acceptors (Lipinski definition) is 3. The van der Waals surface area contributed by atoms with Gasteiger partial charge in [-0.25, -0.2) is 4.98 Å². The number of benzene rings is 1. The molecule has 2 rings (SSSR count). The van der Waals surface area contributed by atoms with E-state index in [1.807, 2.05) is 0 Å². The van der Waals surface area contributed by atoms with Crippen molar-refractivity contribution in [1.29, 1.82) is 0 Å². The minimum absolute atomic E-state index is 0.00698. The maximum absolute atomic E-state index is 13.0. The number of nitrogens with two attached hydrogens (primary N) is 1. The third kappa shape index (κ3) is 3.38. The average Bonchev–Trinajstić information content (AvgIpc) is 2.40. The van der Waals surface area contributed by atoms with Crippen LogP contribution < -0.4 is 11.1 Å². The molecule has 3 N–H and O–H groups in total. The van der Waals surface area contributed by atoms with Crippen molar-refractivity contribution in [2.45, 2.75) is 6.42 Å². The summed E-state index contributed by atoms with van der Waals surface area (Å²) in [6.07, 6.45) is 0.00698. The van der Waals surface area contributed by atoms with E-state index in [0.717, 1.165) is 6.07 Å². The summed E-state index contributed by atoms with van der Waals surface area (Å²) in [5.41, 5.74) is 6.13. The van der Waals surface area contributed by atoms with E-state index >= 15 is 0 Å². The summed E-state index contributed by atoms with van der Waals surface area (Å²) in [5.74, 6) is -1.79. The molecule has 102 valence electrons. The van der Waals surface area contributed by atoms with E-state index in [4.69, 9.17) is 5.73 Å². The maximum Gasteiger partial charge on any atom is 0.274 e. The lowest BCUT2D eigenvalue weighted by Gasteiger charge is -2.09. The molecule has 0 aliphatic carbocycles. The highest BCUT2D eigenvalue weighted by molar-refractivity contribution is 6.03. The van der Waals surface area contributed by atoms with Gasteiger partial charge < -0.3 is 11.1 Å². The van der Waals surface area contributed by atoms with Crippen LogP contribution in [0.15, 0.2) is 42.5 Å². The topological polar surface area (TPSA) is 85.1 Å². The van der Waals surface area contributed by atoms with Gasteiger partial charge in [-0.2, -0.15) is 4.39 Å². The molecule has 0 aliphatic heterocycles. The van der Waals surface area contributed by atoms with Crippen molar-refractivity contribution < 1.29 is 14.0 Å². The summed E-state index contributed by atoms with van der Waals surface area (Å²) in [6, 6.07) is 10.7.